The molecule has 0 rings (SSSR count). The van der Waals surface area contributed by atoms with Crippen molar-refractivity contribution in [3.8, 4) is 0 Å². The van der Waals surface area contributed by atoms with E-state index >= 15 is 0 Å². The highest BCUT2D eigenvalue weighted by Gasteiger charge is 1.86. The Hall–Kier alpha value is -1.30. The van der Waals surface area contributed by atoms with Gasteiger partial charge in [0.05, 0.1) is 0 Å². The van der Waals surface area contributed by atoms with E-state index in [2.05, 4.69) is 46.1 Å². The minimum atomic E-state index is 0.948. The largest absolute Gasteiger partial charge is 0.0985 e. The monoisotopic (exact) mass is 202 g/mol. The van der Waals surface area contributed by atoms with Crippen LogP contribution in [0.4, 0.5) is 0 Å². The average Bonchev–Trinajstić information content (AvgIpc) is 2.17. The SMILES string of the molecule is C=CC(=C)C=CC=C(C)CCC=C(C)C. The van der Waals surface area contributed by atoms with Crippen molar-refractivity contribution in [2.24, 2.45) is 0 Å². The van der Waals surface area contributed by atoms with Gasteiger partial charge in [-0.15, -0.1) is 0 Å². The molecule has 0 aromatic heterocycles. The molecule has 82 valence electrons. The van der Waals surface area contributed by atoms with Crippen LogP contribution in [0.25, 0.3) is 0 Å². The predicted molar refractivity (Wildman–Crippen MR) is 70.9 cm³/mol. The van der Waals surface area contributed by atoms with Crippen LogP contribution in [-0.4, -0.2) is 0 Å². The van der Waals surface area contributed by atoms with Gasteiger partial charge in [-0.2, -0.15) is 0 Å². The van der Waals surface area contributed by atoms with E-state index in [0.29, 0.717) is 0 Å². The predicted octanol–water partition coefficient (Wildman–Crippen LogP) is 4.98. The number of rotatable bonds is 6. The van der Waals surface area contributed by atoms with E-state index in [9.17, 15) is 0 Å². The van der Waals surface area contributed by atoms with E-state index in [1.54, 1.807) is 6.08 Å². The zero-order valence-electron chi connectivity index (χ0n) is 10.2. The summed E-state index contributed by atoms with van der Waals surface area (Å²) in [5.41, 5.74) is 3.72. The molecular weight excluding hydrogens is 180 g/mol. The van der Waals surface area contributed by atoms with Crippen molar-refractivity contribution in [2.75, 3.05) is 0 Å². The Morgan fingerprint density at radius 2 is 1.87 bits per heavy atom. The summed E-state index contributed by atoms with van der Waals surface area (Å²) in [6, 6.07) is 0. The van der Waals surface area contributed by atoms with Gasteiger partial charge in [0, 0.05) is 0 Å². The van der Waals surface area contributed by atoms with Crippen LogP contribution in [0, 0.1) is 0 Å². The van der Waals surface area contributed by atoms with Crippen molar-refractivity contribution in [1.82, 2.24) is 0 Å². The summed E-state index contributed by atoms with van der Waals surface area (Å²) in [5.74, 6) is 0. The van der Waals surface area contributed by atoms with E-state index < -0.39 is 0 Å². The van der Waals surface area contributed by atoms with E-state index in [1.165, 1.54) is 11.1 Å². The van der Waals surface area contributed by atoms with Crippen molar-refractivity contribution in [3.05, 3.63) is 60.3 Å². The van der Waals surface area contributed by atoms with Crippen LogP contribution >= 0.6 is 0 Å². The molecule has 0 N–H and O–H groups in total. The van der Waals surface area contributed by atoms with Gasteiger partial charge < -0.3 is 0 Å². The second-order valence-corrected chi connectivity index (χ2v) is 3.97. The van der Waals surface area contributed by atoms with Gasteiger partial charge in [0.2, 0.25) is 0 Å². The standard InChI is InChI=1S/C15H22/c1-6-14(4)10-8-12-15(5)11-7-9-13(2)3/h6,8-10,12H,1,4,7,11H2,2-3,5H3. The van der Waals surface area contributed by atoms with Crippen LogP contribution in [0.1, 0.15) is 33.6 Å². The van der Waals surface area contributed by atoms with Crippen molar-refractivity contribution in [3.63, 3.8) is 0 Å². The van der Waals surface area contributed by atoms with Gasteiger partial charge in [-0.3, -0.25) is 0 Å². The molecule has 0 spiro atoms. The lowest BCUT2D eigenvalue weighted by molar-refractivity contribution is 0.967. The zero-order valence-corrected chi connectivity index (χ0v) is 10.2. The Balaban J connectivity index is 3.99. The molecule has 0 aliphatic carbocycles. The minimum absolute atomic E-state index is 0.948. The number of hydrogen-bond acceptors (Lipinski definition) is 0. The Morgan fingerprint density at radius 1 is 1.20 bits per heavy atom. The summed E-state index contributed by atoms with van der Waals surface area (Å²) in [5, 5.41) is 0. The van der Waals surface area contributed by atoms with Crippen molar-refractivity contribution in [2.45, 2.75) is 33.6 Å². The Bertz CT molecular complexity index is 294. The highest BCUT2D eigenvalue weighted by atomic mass is 13.9. The van der Waals surface area contributed by atoms with Gasteiger partial charge in [0.1, 0.15) is 0 Å². The maximum Gasteiger partial charge on any atom is -0.0285 e. The third kappa shape index (κ3) is 9.01. The molecule has 0 fully saturated rings. The lowest BCUT2D eigenvalue weighted by Gasteiger charge is -1.96. The van der Waals surface area contributed by atoms with Crippen LogP contribution in [0.3, 0.4) is 0 Å². The topological polar surface area (TPSA) is 0 Å². The van der Waals surface area contributed by atoms with Crippen molar-refractivity contribution >= 4 is 0 Å². The van der Waals surface area contributed by atoms with Gasteiger partial charge in [-0.1, -0.05) is 54.7 Å². The molecule has 0 aromatic carbocycles. The normalized spacial score (nSPS) is 11.5. The molecule has 0 aliphatic heterocycles. The second-order valence-electron chi connectivity index (χ2n) is 3.97. The van der Waals surface area contributed by atoms with E-state index in [1.807, 2.05) is 12.2 Å². The van der Waals surface area contributed by atoms with E-state index in [-0.39, 0.29) is 0 Å². The van der Waals surface area contributed by atoms with Crippen LogP contribution in [0.15, 0.2) is 60.3 Å². The van der Waals surface area contributed by atoms with E-state index in [0.717, 1.165) is 18.4 Å². The van der Waals surface area contributed by atoms with Gasteiger partial charge in [-0.25, -0.2) is 0 Å². The molecule has 0 saturated carbocycles. The fraction of sp³-hybridized carbons (Fsp3) is 0.333. The molecule has 0 bridgehead atoms. The summed E-state index contributed by atoms with van der Waals surface area (Å²) in [6.07, 6.45) is 12.4. The third-order valence-corrected chi connectivity index (χ3v) is 2.04. The number of hydrogen-bond donors (Lipinski definition) is 0. The third-order valence-electron chi connectivity index (χ3n) is 2.04. The van der Waals surface area contributed by atoms with Gasteiger partial charge in [0.25, 0.3) is 0 Å². The summed E-state index contributed by atoms with van der Waals surface area (Å²) < 4.78 is 0. The second kappa shape index (κ2) is 8.05. The molecule has 0 heterocycles. The Morgan fingerprint density at radius 3 is 2.40 bits per heavy atom. The molecule has 0 radical (unpaired) electrons. The first-order valence-corrected chi connectivity index (χ1v) is 5.34. The van der Waals surface area contributed by atoms with Gasteiger partial charge in [-0.05, 0) is 39.2 Å². The first-order valence-electron chi connectivity index (χ1n) is 5.34. The first kappa shape index (κ1) is 13.7. The van der Waals surface area contributed by atoms with Crippen molar-refractivity contribution in [1.29, 1.82) is 0 Å². The molecule has 0 unspecified atom stereocenters. The zero-order chi connectivity index (χ0) is 11.7. The average molecular weight is 202 g/mol. The molecule has 0 heteroatoms. The molecule has 15 heavy (non-hydrogen) atoms. The summed E-state index contributed by atoms with van der Waals surface area (Å²) >= 11 is 0. The van der Waals surface area contributed by atoms with Crippen LogP contribution in [0.2, 0.25) is 0 Å². The van der Waals surface area contributed by atoms with Crippen LogP contribution in [0.5, 0.6) is 0 Å². The smallest absolute Gasteiger partial charge is 0.0285 e. The van der Waals surface area contributed by atoms with Crippen molar-refractivity contribution < 1.29 is 0 Å². The maximum absolute atomic E-state index is 3.81. The van der Waals surface area contributed by atoms with Gasteiger partial charge in [0.15, 0.2) is 0 Å². The molecule has 0 amide bonds. The summed E-state index contributed by atoms with van der Waals surface area (Å²) in [4.78, 5) is 0. The lowest BCUT2D eigenvalue weighted by atomic mass is 10.1. The Kier molecular flexibility index (Phi) is 7.35. The van der Waals surface area contributed by atoms with Gasteiger partial charge >= 0.3 is 0 Å². The molecule has 0 aliphatic rings. The summed E-state index contributed by atoms with van der Waals surface area (Å²) in [6.45, 7) is 13.9. The fourth-order valence-electron chi connectivity index (χ4n) is 1.08. The highest BCUT2D eigenvalue weighted by Crippen LogP contribution is 2.07. The molecular formula is C15H22. The van der Waals surface area contributed by atoms with Crippen LogP contribution in [-0.2, 0) is 0 Å². The first-order chi connectivity index (χ1) is 7.06. The number of allylic oxidation sites excluding steroid dienone is 8. The minimum Gasteiger partial charge on any atom is -0.0985 e. The molecule has 0 saturated heterocycles. The maximum atomic E-state index is 3.81. The lowest BCUT2D eigenvalue weighted by Crippen LogP contribution is -1.76. The summed E-state index contributed by atoms with van der Waals surface area (Å²) in [7, 11) is 0. The molecule has 0 atom stereocenters. The highest BCUT2D eigenvalue weighted by molar-refractivity contribution is 5.28. The Labute approximate surface area is 94.4 Å². The quantitative estimate of drug-likeness (QED) is 0.421. The fourth-order valence-corrected chi connectivity index (χ4v) is 1.08. The van der Waals surface area contributed by atoms with E-state index in [4.69, 9.17) is 0 Å². The molecule has 0 aromatic rings. The molecule has 0 nitrogen and oxygen atoms in total. The van der Waals surface area contributed by atoms with Crippen LogP contribution < -0.4 is 0 Å².